The Morgan fingerprint density at radius 2 is 1.67 bits per heavy atom. The molecule has 0 saturated carbocycles. The third-order valence-corrected chi connectivity index (χ3v) is 1.62. The lowest BCUT2D eigenvalue weighted by Gasteiger charge is -2.11. The first kappa shape index (κ1) is 14.0. The summed E-state index contributed by atoms with van der Waals surface area (Å²) in [6.45, 7) is 3.98. The second-order valence-corrected chi connectivity index (χ2v) is 2.59. The third-order valence-electron chi connectivity index (χ3n) is 1.62. The molecule has 0 amide bonds. The van der Waals surface area contributed by atoms with Crippen LogP contribution in [0.2, 0.25) is 0 Å². The van der Waals surface area contributed by atoms with E-state index < -0.39 is 11.7 Å². The van der Waals surface area contributed by atoms with Crippen molar-refractivity contribution < 1.29 is 17.9 Å². The van der Waals surface area contributed by atoms with E-state index in [9.17, 15) is 13.2 Å². The Balaban J connectivity index is 0.000000921. The molecule has 0 aromatic heterocycles. The Labute approximate surface area is 87.9 Å². The van der Waals surface area contributed by atoms with Gasteiger partial charge in [0.05, 0.1) is 12.2 Å². The summed E-state index contributed by atoms with van der Waals surface area (Å²) in [5.74, 6) is 0. The third kappa shape index (κ3) is 4.34. The number of ether oxygens (including phenoxy) is 1. The zero-order chi connectivity index (χ0) is 11.9. The molecule has 1 aromatic carbocycles. The van der Waals surface area contributed by atoms with Gasteiger partial charge in [0.2, 0.25) is 0 Å². The summed E-state index contributed by atoms with van der Waals surface area (Å²) in [6, 6.07) is 5.38. The van der Waals surface area contributed by atoms with Gasteiger partial charge in [-0.1, -0.05) is 32.0 Å². The van der Waals surface area contributed by atoms with E-state index in [-0.39, 0.29) is 12.2 Å². The van der Waals surface area contributed by atoms with Crippen LogP contribution in [0, 0.1) is 0 Å². The van der Waals surface area contributed by atoms with Crippen molar-refractivity contribution in [3.63, 3.8) is 0 Å². The van der Waals surface area contributed by atoms with E-state index in [0.29, 0.717) is 0 Å². The van der Waals surface area contributed by atoms with Crippen LogP contribution in [0.25, 0.3) is 0 Å². The number of hydrogen-bond acceptors (Lipinski definition) is 1. The van der Waals surface area contributed by atoms with Crippen LogP contribution in [0.5, 0.6) is 0 Å². The molecule has 1 rings (SSSR count). The Morgan fingerprint density at radius 1 is 1.13 bits per heavy atom. The van der Waals surface area contributed by atoms with E-state index in [0.717, 1.165) is 6.07 Å². The number of alkyl halides is 3. The highest BCUT2D eigenvalue weighted by atomic mass is 19.4. The maximum Gasteiger partial charge on any atom is 0.416 e. The van der Waals surface area contributed by atoms with Gasteiger partial charge in [0.15, 0.2) is 0 Å². The predicted octanol–water partition coefficient (Wildman–Crippen LogP) is 3.88. The molecule has 0 aliphatic rings. The number of benzene rings is 1. The van der Waals surface area contributed by atoms with E-state index in [1.54, 1.807) is 6.07 Å². The Hall–Kier alpha value is -1.03. The van der Waals surface area contributed by atoms with E-state index in [4.69, 9.17) is 0 Å². The molecule has 0 spiro atoms. The van der Waals surface area contributed by atoms with Gasteiger partial charge in [-0.3, -0.25) is 0 Å². The second kappa shape index (κ2) is 6.45. The predicted molar refractivity (Wildman–Crippen MR) is 53.5 cm³/mol. The molecule has 0 saturated heterocycles. The summed E-state index contributed by atoms with van der Waals surface area (Å²) in [4.78, 5) is 0. The number of halogens is 3. The molecule has 1 aromatic rings. The van der Waals surface area contributed by atoms with Gasteiger partial charge < -0.3 is 4.74 Å². The summed E-state index contributed by atoms with van der Waals surface area (Å²) in [5.41, 5.74) is -0.464. The molecular weight excluding hydrogens is 205 g/mol. The fourth-order valence-corrected chi connectivity index (χ4v) is 1.08. The molecule has 1 nitrogen and oxygen atoms in total. The zero-order valence-corrected chi connectivity index (χ0v) is 9.06. The summed E-state index contributed by atoms with van der Waals surface area (Å²) >= 11 is 0. The molecule has 0 fully saturated rings. The van der Waals surface area contributed by atoms with Gasteiger partial charge in [0.25, 0.3) is 0 Å². The first-order valence-electron chi connectivity index (χ1n) is 4.69. The van der Waals surface area contributed by atoms with Crippen molar-refractivity contribution in [3.05, 3.63) is 35.4 Å². The first-order chi connectivity index (χ1) is 7.05. The summed E-state index contributed by atoms with van der Waals surface area (Å²) in [5, 5.41) is 0. The van der Waals surface area contributed by atoms with Gasteiger partial charge in [0.1, 0.15) is 0 Å². The van der Waals surface area contributed by atoms with Crippen molar-refractivity contribution in [3.8, 4) is 0 Å². The standard InChI is InChI=1S/C9H9F3O.C2H6/c1-13-6-7-4-2-3-5-8(7)9(10,11)12;1-2/h2-5H,6H2,1H3;1-2H3. The molecular formula is C11H15F3O. The quantitative estimate of drug-likeness (QED) is 0.735. The smallest absolute Gasteiger partial charge is 0.380 e. The fraction of sp³-hybridized carbons (Fsp3) is 0.455. The highest BCUT2D eigenvalue weighted by molar-refractivity contribution is 5.28. The molecule has 0 radical (unpaired) electrons. The zero-order valence-electron chi connectivity index (χ0n) is 9.06. The lowest BCUT2D eigenvalue weighted by atomic mass is 10.1. The van der Waals surface area contributed by atoms with E-state index in [2.05, 4.69) is 4.74 Å². The Kier molecular flexibility index (Phi) is 6.01. The minimum atomic E-state index is -4.30. The van der Waals surface area contributed by atoms with Gasteiger partial charge in [-0.25, -0.2) is 0 Å². The minimum absolute atomic E-state index is 0.0182. The number of hydrogen-bond donors (Lipinski definition) is 0. The highest BCUT2D eigenvalue weighted by Crippen LogP contribution is 2.31. The van der Waals surface area contributed by atoms with Gasteiger partial charge in [0, 0.05) is 7.11 Å². The van der Waals surface area contributed by atoms with Crippen LogP contribution in [0.3, 0.4) is 0 Å². The van der Waals surface area contributed by atoms with Crippen LogP contribution in [-0.4, -0.2) is 7.11 Å². The van der Waals surface area contributed by atoms with Crippen molar-refractivity contribution >= 4 is 0 Å². The topological polar surface area (TPSA) is 9.23 Å². The number of rotatable bonds is 2. The normalized spacial score (nSPS) is 10.5. The van der Waals surface area contributed by atoms with Crippen LogP contribution < -0.4 is 0 Å². The molecule has 4 heteroatoms. The minimum Gasteiger partial charge on any atom is -0.380 e. The Bertz CT molecular complexity index is 281. The van der Waals surface area contributed by atoms with E-state index in [1.807, 2.05) is 13.8 Å². The van der Waals surface area contributed by atoms with Crippen LogP contribution in [0.15, 0.2) is 24.3 Å². The largest absolute Gasteiger partial charge is 0.416 e. The van der Waals surface area contributed by atoms with Gasteiger partial charge >= 0.3 is 6.18 Å². The number of methoxy groups -OCH3 is 1. The maximum atomic E-state index is 12.3. The van der Waals surface area contributed by atoms with Crippen LogP contribution >= 0.6 is 0 Å². The van der Waals surface area contributed by atoms with Gasteiger partial charge in [-0.15, -0.1) is 0 Å². The average molecular weight is 220 g/mol. The summed E-state index contributed by atoms with van der Waals surface area (Å²) in [7, 11) is 1.37. The molecule has 0 heterocycles. The molecule has 0 N–H and O–H groups in total. The molecule has 0 atom stereocenters. The van der Waals surface area contributed by atoms with Gasteiger partial charge in [-0.05, 0) is 11.6 Å². The SMILES string of the molecule is CC.COCc1ccccc1C(F)(F)F. The molecule has 0 unspecified atom stereocenters. The highest BCUT2D eigenvalue weighted by Gasteiger charge is 2.32. The van der Waals surface area contributed by atoms with Crippen LogP contribution in [0.1, 0.15) is 25.0 Å². The monoisotopic (exact) mass is 220 g/mol. The van der Waals surface area contributed by atoms with Crippen molar-refractivity contribution in [1.29, 1.82) is 0 Å². The van der Waals surface area contributed by atoms with Gasteiger partial charge in [-0.2, -0.15) is 13.2 Å². The Morgan fingerprint density at radius 3 is 2.13 bits per heavy atom. The maximum absolute atomic E-state index is 12.3. The van der Waals surface area contributed by atoms with E-state index in [1.165, 1.54) is 19.2 Å². The second-order valence-electron chi connectivity index (χ2n) is 2.59. The first-order valence-corrected chi connectivity index (χ1v) is 4.69. The molecule has 0 aliphatic heterocycles. The summed E-state index contributed by atoms with van der Waals surface area (Å²) in [6.07, 6.45) is -4.30. The lowest BCUT2D eigenvalue weighted by molar-refractivity contribution is -0.138. The molecule has 0 aliphatic carbocycles. The van der Waals surface area contributed by atoms with Crippen molar-refractivity contribution in [2.75, 3.05) is 7.11 Å². The van der Waals surface area contributed by atoms with Crippen molar-refractivity contribution in [2.45, 2.75) is 26.6 Å². The van der Waals surface area contributed by atoms with Crippen LogP contribution in [0.4, 0.5) is 13.2 Å². The van der Waals surface area contributed by atoms with Crippen molar-refractivity contribution in [1.82, 2.24) is 0 Å². The fourth-order valence-electron chi connectivity index (χ4n) is 1.08. The van der Waals surface area contributed by atoms with E-state index >= 15 is 0 Å². The molecule has 15 heavy (non-hydrogen) atoms. The lowest BCUT2D eigenvalue weighted by Crippen LogP contribution is -2.09. The molecule has 86 valence electrons. The molecule has 0 bridgehead atoms. The summed E-state index contributed by atoms with van der Waals surface area (Å²) < 4.78 is 41.6. The van der Waals surface area contributed by atoms with Crippen LogP contribution in [-0.2, 0) is 17.5 Å². The van der Waals surface area contributed by atoms with Crippen molar-refractivity contribution in [2.24, 2.45) is 0 Å². The average Bonchev–Trinajstić information content (AvgIpc) is 2.21.